The maximum atomic E-state index is 11.8. The zero-order valence-corrected chi connectivity index (χ0v) is 13.2. The van der Waals surface area contributed by atoms with Crippen molar-refractivity contribution in [1.82, 2.24) is 5.32 Å². The number of hydrogen-bond donors (Lipinski definition) is 1. The minimum absolute atomic E-state index is 0.0185. The van der Waals surface area contributed by atoms with Gasteiger partial charge in [-0.25, -0.2) is 0 Å². The van der Waals surface area contributed by atoms with Crippen molar-refractivity contribution in [2.24, 2.45) is 0 Å². The van der Waals surface area contributed by atoms with Gasteiger partial charge in [0.15, 0.2) is 0 Å². The van der Waals surface area contributed by atoms with E-state index in [1.54, 1.807) is 0 Å². The summed E-state index contributed by atoms with van der Waals surface area (Å²) in [5, 5.41) is 2.87. The predicted molar refractivity (Wildman–Crippen MR) is 89.2 cm³/mol. The summed E-state index contributed by atoms with van der Waals surface area (Å²) in [6, 6.07) is 17.8. The standard InChI is InChI=1S/C19H23NO2/c1-15(2)17-8-10-18(11-9-17)22-13-12-20-19(21)14-16-6-4-3-5-7-16/h3-11,15H,12-14H2,1-2H3,(H,20,21). The molecule has 22 heavy (non-hydrogen) atoms. The zero-order chi connectivity index (χ0) is 15.8. The van der Waals surface area contributed by atoms with Gasteiger partial charge in [0.05, 0.1) is 13.0 Å². The first kappa shape index (κ1) is 16.1. The van der Waals surface area contributed by atoms with Crippen LogP contribution in [0.5, 0.6) is 5.75 Å². The molecule has 0 saturated carbocycles. The molecule has 2 aromatic rings. The second kappa shape index (κ2) is 8.23. The molecule has 0 fully saturated rings. The third-order valence-corrected chi connectivity index (χ3v) is 3.45. The van der Waals surface area contributed by atoms with Crippen LogP contribution in [0.15, 0.2) is 54.6 Å². The smallest absolute Gasteiger partial charge is 0.224 e. The Hall–Kier alpha value is -2.29. The normalized spacial score (nSPS) is 10.5. The monoisotopic (exact) mass is 297 g/mol. The summed E-state index contributed by atoms with van der Waals surface area (Å²) in [5.41, 5.74) is 2.31. The summed E-state index contributed by atoms with van der Waals surface area (Å²) in [6.45, 7) is 5.31. The van der Waals surface area contributed by atoms with Gasteiger partial charge < -0.3 is 10.1 Å². The number of benzene rings is 2. The molecule has 2 aromatic carbocycles. The Morgan fingerprint density at radius 2 is 1.73 bits per heavy atom. The highest BCUT2D eigenvalue weighted by atomic mass is 16.5. The third-order valence-electron chi connectivity index (χ3n) is 3.45. The van der Waals surface area contributed by atoms with Gasteiger partial charge in [-0.15, -0.1) is 0 Å². The van der Waals surface area contributed by atoms with E-state index in [0.29, 0.717) is 25.5 Å². The van der Waals surface area contributed by atoms with Gasteiger partial charge in [-0.1, -0.05) is 56.3 Å². The minimum Gasteiger partial charge on any atom is -0.492 e. The molecule has 0 aliphatic rings. The third kappa shape index (κ3) is 5.24. The van der Waals surface area contributed by atoms with E-state index < -0.39 is 0 Å². The van der Waals surface area contributed by atoms with E-state index in [-0.39, 0.29) is 5.91 Å². The van der Waals surface area contributed by atoms with Gasteiger partial charge in [-0.3, -0.25) is 4.79 Å². The Morgan fingerprint density at radius 3 is 2.36 bits per heavy atom. The molecule has 0 aliphatic heterocycles. The molecule has 0 spiro atoms. The summed E-state index contributed by atoms with van der Waals surface area (Å²) in [6.07, 6.45) is 0.407. The molecular weight excluding hydrogens is 274 g/mol. The number of hydrogen-bond acceptors (Lipinski definition) is 2. The molecule has 116 valence electrons. The number of nitrogens with one attached hydrogen (secondary N) is 1. The van der Waals surface area contributed by atoms with E-state index in [9.17, 15) is 4.79 Å². The molecule has 0 atom stereocenters. The first-order valence-electron chi connectivity index (χ1n) is 7.68. The van der Waals surface area contributed by atoms with Crippen molar-refractivity contribution in [3.63, 3.8) is 0 Å². The van der Waals surface area contributed by atoms with Gasteiger partial charge in [0.25, 0.3) is 0 Å². The molecule has 1 amide bonds. The molecule has 0 unspecified atom stereocenters. The molecule has 0 aliphatic carbocycles. The van der Waals surface area contributed by atoms with Crippen LogP contribution in [0.4, 0.5) is 0 Å². The number of carbonyl (C=O) groups is 1. The molecule has 3 heteroatoms. The Kier molecular flexibility index (Phi) is 6.01. The fourth-order valence-corrected chi connectivity index (χ4v) is 2.15. The Balaban J connectivity index is 1.67. The van der Waals surface area contributed by atoms with Crippen LogP contribution in [0.25, 0.3) is 0 Å². The summed E-state index contributed by atoms with van der Waals surface area (Å²) in [7, 11) is 0. The number of rotatable bonds is 7. The van der Waals surface area contributed by atoms with Gasteiger partial charge in [0.1, 0.15) is 12.4 Å². The largest absolute Gasteiger partial charge is 0.492 e. The fourth-order valence-electron chi connectivity index (χ4n) is 2.15. The van der Waals surface area contributed by atoms with Crippen LogP contribution in [-0.4, -0.2) is 19.1 Å². The van der Waals surface area contributed by atoms with Crippen LogP contribution >= 0.6 is 0 Å². The number of carbonyl (C=O) groups excluding carboxylic acids is 1. The van der Waals surface area contributed by atoms with E-state index in [2.05, 4.69) is 31.3 Å². The highest BCUT2D eigenvalue weighted by molar-refractivity contribution is 5.78. The topological polar surface area (TPSA) is 38.3 Å². The highest BCUT2D eigenvalue weighted by Crippen LogP contribution is 2.18. The summed E-state index contributed by atoms with van der Waals surface area (Å²) in [4.78, 5) is 11.8. The van der Waals surface area contributed by atoms with Crippen LogP contribution in [0.1, 0.15) is 30.9 Å². The molecular formula is C19H23NO2. The number of ether oxygens (including phenoxy) is 1. The number of amides is 1. The lowest BCUT2D eigenvalue weighted by Gasteiger charge is -2.09. The molecule has 0 saturated heterocycles. The summed E-state index contributed by atoms with van der Waals surface area (Å²) >= 11 is 0. The maximum Gasteiger partial charge on any atom is 0.224 e. The first-order chi connectivity index (χ1) is 10.6. The van der Waals surface area contributed by atoms with Crippen LogP contribution in [-0.2, 0) is 11.2 Å². The van der Waals surface area contributed by atoms with E-state index in [1.165, 1.54) is 5.56 Å². The van der Waals surface area contributed by atoms with E-state index >= 15 is 0 Å². The zero-order valence-electron chi connectivity index (χ0n) is 13.2. The minimum atomic E-state index is 0.0185. The second-order valence-electron chi connectivity index (χ2n) is 5.58. The lowest BCUT2D eigenvalue weighted by Crippen LogP contribution is -2.29. The van der Waals surface area contributed by atoms with Crippen LogP contribution in [0, 0.1) is 0 Å². The molecule has 3 nitrogen and oxygen atoms in total. The molecule has 0 bridgehead atoms. The molecule has 1 N–H and O–H groups in total. The van der Waals surface area contributed by atoms with E-state index in [0.717, 1.165) is 11.3 Å². The SMILES string of the molecule is CC(C)c1ccc(OCCNC(=O)Cc2ccccc2)cc1. The predicted octanol–water partition coefficient (Wildman–Crippen LogP) is 3.55. The van der Waals surface area contributed by atoms with Crippen LogP contribution in [0.2, 0.25) is 0 Å². The van der Waals surface area contributed by atoms with Crippen molar-refractivity contribution < 1.29 is 9.53 Å². The van der Waals surface area contributed by atoms with Gasteiger partial charge >= 0.3 is 0 Å². The average molecular weight is 297 g/mol. The molecule has 0 aromatic heterocycles. The average Bonchev–Trinajstić information content (AvgIpc) is 2.53. The lowest BCUT2D eigenvalue weighted by molar-refractivity contribution is -0.120. The van der Waals surface area contributed by atoms with Crippen molar-refractivity contribution >= 4 is 5.91 Å². The Labute approximate surface area is 132 Å². The molecule has 2 rings (SSSR count). The van der Waals surface area contributed by atoms with Gasteiger partial charge in [0.2, 0.25) is 5.91 Å². The molecule has 0 radical (unpaired) electrons. The van der Waals surface area contributed by atoms with Crippen LogP contribution in [0.3, 0.4) is 0 Å². The first-order valence-corrected chi connectivity index (χ1v) is 7.68. The van der Waals surface area contributed by atoms with Gasteiger partial charge in [0, 0.05) is 0 Å². The Morgan fingerprint density at radius 1 is 1.05 bits per heavy atom. The fraction of sp³-hybridized carbons (Fsp3) is 0.316. The van der Waals surface area contributed by atoms with Crippen molar-refractivity contribution in [3.8, 4) is 5.75 Å². The molecule has 0 heterocycles. The summed E-state index contributed by atoms with van der Waals surface area (Å²) < 4.78 is 5.63. The van der Waals surface area contributed by atoms with Gasteiger partial charge in [-0.05, 0) is 29.2 Å². The van der Waals surface area contributed by atoms with E-state index in [4.69, 9.17) is 4.74 Å². The lowest BCUT2D eigenvalue weighted by atomic mass is 10.0. The van der Waals surface area contributed by atoms with Crippen molar-refractivity contribution in [1.29, 1.82) is 0 Å². The maximum absolute atomic E-state index is 11.8. The van der Waals surface area contributed by atoms with Crippen molar-refractivity contribution in [3.05, 3.63) is 65.7 Å². The van der Waals surface area contributed by atoms with Gasteiger partial charge in [-0.2, -0.15) is 0 Å². The van der Waals surface area contributed by atoms with E-state index in [1.807, 2.05) is 42.5 Å². The van der Waals surface area contributed by atoms with Crippen molar-refractivity contribution in [2.45, 2.75) is 26.2 Å². The summed E-state index contributed by atoms with van der Waals surface area (Å²) in [5.74, 6) is 1.37. The highest BCUT2D eigenvalue weighted by Gasteiger charge is 2.03. The second-order valence-corrected chi connectivity index (χ2v) is 5.58. The van der Waals surface area contributed by atoms with Crippen molar-refractivity contribution in [2.75, 3.05) is 13.2 Å². The Bertz CT molecular complexity index is 576. The van der Waals surface area contributed by atoms with Crippen LogP contribution < -0.4 is 10.1 Å². The quantitative estimate of drug-likeness (QED) is 0.794.